The van der Waals surface area contributed by atoms with E-state index in [1.54, 1.807) is 0 Å². The molecule has 0 spiro atoms. The average Bonchev–Trinajstić information content (AvgIpc) is 2.61. The number of ether oxygens (including phenoxy) is 1. The predicted molar refractivity (Wildman–Crippen MR) is 103 cm³/mol. The third-order valence-electron chi connectivity index (χ3n) is 3.71. The van der Waals surface area contributed by atoms with Crippen molar-refractivity contribution < 1.29 is 18.7 Å². The van der Waals surface area contributed by atoms with Crippen molar-refractivity contribution in [3.63, 3.8) is 0 Å². The molecule has 2 rings (SSSR count). The van der Waals surface area contributed by atoms with Gasteiger partial charge in [0.25, 0.3) is 5.91 Å². The van der Waals surface area contributed by atoms with Gasteiger partial charge in [0.2, 0.25) is 5.91 Å². The largest absolute Gasteiger partial charge is 0.494 e. The smallest absolute Gasteiger partial charge is 0.252 e. The lowest BCUT2D eigenvalue weighted by molar-refractivity contribution is -0.120. The van der Waals surface area contributed by atoms with Crippen molar-refractivity contribution in [3.05, 3.63) is 64.4 Å². The maximum Gasteiger partial charge on any atom is 0.252 e. The van der Waals surface area contributed by atoms with E-state index in [4.69, 9.17) is 16.3 Å². The summed E-state index contributed by atoms with van der Waals surface area (Å²) in [7, 11) is 0. The maximum atomic E-state index is 13.0. The van der Waals surface area contributed by atoms with Crippen LogP contribution in [0.25, 0.3) is 0 Å². The molecule has 5 nitrogen and oxygen atoms in total. The molecule has 0 aromatic heterocycles. The molecule has 0 radical (unpaired) electrons. The van der Waals surface area contributed by atoms with Crippen LogP contribution in [0.4, 0.5) is 4.39 Å². The molecule has 0 unspecified atom stereocenters. The lowest BCUT2D eigenvalue weighted by Gasteiger charge is -2.09. The van der Waals surface area contributed by atoms with Crippen molar-refractivity contribution in [1.82, 2.24) is 10.6 Å². The van der Waals surface area contributed by atoms with E-state index in [0.29, 0.717) is 19.6 Å². The van der Waals surface area contributed by atoms with Crippen molar-refractivity contribution in [2.24, 2.45) is 0 Å². The first-order chi connectivity index (χ1) is 13.0. The Morgan fingerprint density at radius 1 is 1.11 bits per heavy atom. The number of benzene rings is 2. The van der Waals surface area contributed by atoms with Crippen LogP contribution < -0.4 is 15.4 Å². The summed E-state index contributed by atoms with van der Waals surface area (Å²) in [4.78, 5) is 23.7. The van der Waals surface area contributed by atoms with Crippen LogP contribution in [0.3, 0.4) is 0 Å². The standard InChI is InChI=1S/C20H22ClFN2O3/c1-14-4-2-5-16(12-14)27-11-3-9-23-19(25)8-10-24-20(26)17-7-6-15(22)13-18(17)21/h2,4-7,12-13H,3,8-11H2,1H3,(H,23,25)(H,24,26). The molecule has 144 valence electrons. The zero-order chi connectivity index (χ0) is 19.6. The van der Waals surface area contributed by atoms with Gasteiger partial charge in [0.1, 0.15) is 11.6 Å². The number of carbonyl (C=O) groups excluding carboxylic acids is 2. The Morgan fingerprint density at radius 3 is 2.67 bits per heavy atom. The molecule has 2 aromatic rings. The van der Waals surface area contributed by atoms with Crippen molar-refractivity contribution in [1.29, 1.82) is 0 Å². The molecular formula is C20H22ClFN2O3. The molecule has 27 heavy (non-hydrogen) atoms. The fourth-order valence-electron chi connectivity index (χ4n) is 2.34. The lowest BCUT2D eigenvalue weighted by Crippen LogP contribution is -2.31. The predicted octanol–water partition coefficient (Wildman–Crippen LogP) is 3.49. The summed E-state index contributed by atoms with van der Waals surface area (Å²) in [6, 6.07) is 11.3. The van der Waals surface area contributed by atoms with E-state index in [9.17, 15) is 14.0 Å². The highest BCUT2D eigenvalue weighted by molar-refractivity contribution is 6.33. The van der Waals surface area contributed by atoms with Crippen molar-refractivity contribution in [2.45, 2.75) is 19.8 Å². The van der Waals surface area contributed by atoms with Crippen LogP contribution in [0, 0.1) is 12.7 Å². The molecule has 2 N–H and O–H groups in total. The van der Waals surface area contributed by atoms with Crippen LogP contribution in [0.15, 0.2) is 42.5 Å². The summed E-state index contributed by atoms with van der Waals surface area (Å²) in [5, 5.41) is 5.39. The van der Waals surface area contributed by atoms with E-state index in [0.717, 1.165) is 23.4 Å². The van der Waals surface area contributed by atoms with Crippen LogP contribution in [0.1, 0.15) is 28.8 Å². The second kappa shape index (κ2) is 10.5. The van der Waals surface area contributed by atoms with Gasteiger partial charge < -0.3 is 15.4 Å². The summed E-state index contributed by atoms with van der Waals surface area (Å²) in [5.74, 6) is -0.318. The van der Waals surface area contributed by atoms with E-state index in [1.807, 2.05) is 31.2 Å². The summed E-state index contributed by atoms with van der Waals surface area (Å²) < 4.78 is 18.6. The van der Waals surface area contributed by atoms with Gasteiger partial charge >= 0.3 is 0 Å². The number of hydrogen-bond donors (Lipinski definition) is 2. The van der Waals surface area contributed by atoms with E-state index in [2.05, 4.69) is 10.6 Å². The molecule has 0 saturated heterocycles. The number of amides is 2. The Labute approximate surface area is 162 Å². The molecule has 0 aliphatic heterocycles. The fourth-order valence-corrected chi connectivity index (χ4v) is 2.59. The Bertz CT molecular complexity index is 799. The molecule has 0 aliphatic rings. The van der Waals surface area contributed by atoms with Gasteiger partial charge in [0.05, 0.1) is 17.2 Å². The summed E-state index contributed by atoms with van der Waals surface area (Å²) in [6.45, 7) is 3.15. The first kappa shape index (κ1) is 20.7. The Balaban J connectivity index is 1.58. The Kier molecular flexibility index (Phi) is 8.07. The quantitative estimate of drug-likeness (QED) is 0.642. The Morgan fingerprint density at radius 2 is 1.93 bits per heavy atom. The van der Waals surface area contributed by atoms with Gasteiger partial charge in [-0.1, -0.05) is 23.7 Å². The average molecular weight is 393 g/mol. The van der Waals surface area contributed by atoms with Gasteiger partial charge in [-0.25, -0.2) is 4.39 Å². The second-order valence-electron chi connectivity index (χ2n) is 6.00. The summed E-state index contributed by atoms with van der Waals surface area (Å²) in [6.07, 6.45) is 0.820. The second-order valence-corrected chi connectivity index (χ2v) is 6.41. The fraction of sp³-hybridized carbons (Fsp3) is 0.300. The van der Waals surface area contributed by atoms with Gasteiger partial charge in [-0.05, 0) is 49.2 Å². The van der Waals surface area contributed by atoms with Crippen molar-refractivity contribution in [3.8, 4) is 5.75 Å². The minimum absolute atomic E-state index is 0.0329. The van der Waals surface area contributed by atoms with E-state index in [-0.39, 0.29) is 29.5 Å². The molecular weight excluding hydrogens is 371 g/mol. The normalized spacial score (nSPS) is 10.3. The molecule has 2 aromatic carbocycles. The summed E-state index contributed by atoms with van der Waals surface area (Å²) in [5.41, 5.74) is 1.30. The van der Waals surface area contributed by atoms with E-state index in [1.165, 1.54) is 6.07 Å². The maximum absolute atomic E-state index is 13.0. The molecule has 0 bridgehead atoms. The number of carbonyl (C=O) groups is 2. The van der Waals surface area contributed by atoms with Crippen LogP contribution in [-0.2, 0) is 4.79 Å². The third kappa shape index (κ3) is 7.27. The number of hydrogen-bond acceptors (Lipinski definition) is 3. The van der Waals surface area contributed by atoms with Crippen LogP contribution in [0.2, 0.25) is 5.02 Å². The van der Waals surface area contributed by atoms with Gasteiger partial charge in [-0.3, -0.25) is 9.59 Å². The van der Waals surface area contributed by atoms with Gasteiger partial charge in [-0.15, -0.1) is 0 Å². The third-order valence-corrected chi connectivity index (χ3v) is 4.03. The highest BCUT2D eigenvalue weighted by Crippen LogP contribution is 2.17. The molecule has 0 saturated carbocycles. The molecule has 7 heteroatoms. The molecule has 0 heterocycles. The number of rotatable bonds is 9. The minimum atomic E-state index is -0.512. The first-order valence-corrected chi connectivity index (χ1v) is 9.03. The molecule has 0 fully saturated rings. The van der Waals surface area contributed by atoms with Crippen LogP contribution >= 0.6 is 11.6 Å². The van der Waals surface area contributed by atoms with Gasteiger partial charge in [-0.2, -0.15) is 0 Å². The van der Waals surface area contributed by atoms with Gasteiger partial charge in [0, 0.05) is 19.5 Å². The van der Waals surface area contributed by atoms with Crippen molar-refractivity contribution in [2.75, 3.05) is 19.7 Å². The topological polar surface area (TPSA) is 67.4 Å². The highest BCUT2D eigenvalue weighted by atomic mass is 35.5. The molecule has 0 aliphatic carbocycles. The van der Waals surface area contributed by atoms with E-state index >= 15 is 0 Å². The zero-order valence-electron chi connectivity index (χ0n) is 15.1. The molecule has 2 amide bonds. The lowest BCUT2D eigenvalue weighted by atomic mass is 10.2. The molecule has 0 atom stereocenters. The number of nitrogens with one attached hydrogen (secondary N) is 2. The van der Waals surface area contributed by atoms with E-state index < -0.39 is 11.7 Å². The summed E-state index contributed by atoms with van der Waals surface area (Å²) >= 11 is 5.82. The van der Waals surface area contributed by atoms with Crippen molar-refractivity contribution >= 4 is 23.4 Å². The number of aryl methyl sites for hydroxylation is 1. The minimum Gasteiger partial charge on any atom is -0.494 e. The Hall–Kier alpha value is -2.60. The highest BCUT2D eigenvalue weighted by Gasteiger charge is 2.11. The zero-order valence-corrected chi connectivity index (χ0v) is 15.8. The monoisotopic (exact) mass is 392 g/mol. The van der Waals surface area contributed by atoms with Crippen LogP contribution in [0.5, 0.6) is 5.75 Å². The number of halogens is 2. The first-order valence-electron chi connectivity index (χ1n) is 8.65. The van der Waals surface area contributed by atoms with Gasteiger partial charge in [0.15, 0.2) is 0 Å². The SMILES string of the molecule is Cc1cccc(OCCCNC(=O)CCNC(=O)c2ccc(F)cc2Cl)c1. The van der Waals surface area contributed by atoms with Crippen LogP contribution in [-0.4, -0.2) is 31.5 Å².